The topological polar surface area (TPSA) is 12.0 Å². The second-order valence-corrected chi connectivity index (χ2v) is 6.61. The number of benzene rings is 2. The van der Waals surface area contributed by atoms with Gasteiger partial charge in [0.2, 0.25) is 0 Å². The Kier molecular flexibility index (Phi) is 4.72. The Labute approximate surface area is 134 Å². The maximum absolute atomic E-state index is 13.7. The average molecular weight is 350 g/mol. The van der Waals surface area contributed by atoms with Crippen LogP contribution in [-0.4, -0.2) is 0 Å². The van der Waals surface area contributed by atoms with Gasteiger partial charge in [-0.05, 0) is 84.9 Å². The Morgan fingerprint density at radius 3 is 2.10 bits per heavy atom. The quantitative estimate of drug-likeness (QED) is 0.716. The van der Waals surface area contributed by atoms with Gasteiger partial charge in [0.15, 0.2) is 0 Å². The molecule has 1 atom stereocenters. The highest BCUT2D eigenvalue weighted by molar-refractivity contribution is 9.10. The van der Waals surface area contributed by atoms with E-state index in [0.29, 0.717) is 4.47 Å². The predicted molar refractivity (Wildman–Crippen MR) is 91.5 cm³/mol. The molecule has 2 aromatic rings. The summed E-state index contributed by atoms with van der Waals surface area (Å²) in [5.41, 5.74) is 6.95. The summed E-state index contributed by atoms with van der Waals surface area (Å²) in [4.78, 5) is 0. The zero-order valence-electron chi connectivity index (χ0n) is 13.1. The standard InChI is InChI=1S/C18H21BrFN/c1-10-6-12(3)18(13(4)7-10)14(5)21-17-9-16(20)15(19)8-11(17)2/h6-9,14,21H,1-5H3. The highest BCUT2D eigenvalue weighted by Gasteiger charge is 2.14. The van der Waals surface area contributed by atoms with Gasteiger partial charge in [-0.25, -0.2) is 4.39 Å². The Balaban J connectivity index is 2.35. The smallest absolute Gasteiger partial charge is 0.139 e. The van der Waals surface area contributed by atoms with E-state index in [2.05, 4.69) is 61.1 Å². The first-order chi connectivity index (χ1) is 9.79. The van der Waals surface area contributed by atoms with Crippen LogP contribution in [-0.2, 0) is 0 Å². The zero-order chi connectivity index (χ0) is 15.7. The third-order valence-electron chi connectivity index (χ3n) is 3.81. The fourth-order valence-electron chi connectivity index (χ4n) is 2.98. The average Bonchev–Trinajstić information content (AvgIpc) is 2.34. The van der Waals surface area contributed by atoms with Gasteiger partial charge in [-0.3, -0.25) is 0 Å². The van der Waals surface area contributed by atoms with Crippen LogP contribution in [0.3, 0.4) is 0 Å². The molecule has 21 heavy (non-hydrogen) atoms. The molecule has 0 radical (unpaired) electrons. The monoisotopic (exact) mass is 349 g/mol. The maximum Gasteiger partial charge on any atom is 0.139 e. The molecule has 1 nitrogen and oxygen atoms in total. The Morgan fingerprint density at radius 1 is 0.952 bits per heavy atom. The third-order valence-corrected chi connectivity index (χ3v) is 4.42. The molecule has 1 N–H and O–H groups in total. The van der Waals surface area contributed by atoms with E-state index in [1.54, 1.807) is 12.1 Å². The number of anilines is 1. The number of rotatable bonds is 3. The Morgan fingerprint density at radius 2 is 1.52 bits per heavy atom. The van der Waals surface area contributed by atoms with Gasteiger partial charge in [0.25, 0.3) is 0 Å². The minimum Gasteiger partial charge on any atom is -0.378 e. The Bertz CT molecular complexity index is 656. The second-order valence-electron chi connectivity index (χ2n) is 5.76. The van der Waals surface area contributed by atoms with Crippen molar-refractivity contribution >= 4 is 21.6 Å². The largest absolute Gasteiger partial charge is 0.378 e. The number of hydrogen-bond donors (Lipinski definition) is 1. The minimum atomic E-state index is -0.243. The van der Waals surface area contributed by atoms with Crippen molar-refractivity contribution < 1.29 is 4.39 Å². The molecule has 2 rings (SSSR count). The van der Waals surface area contributed by atoms with Gasteiger partial charge in [-0.1, -0.05) is 17.7 Å². The first kappa shape index (κ1) is 16.0. The number of nitrogens with one attached hydrogen (secondary N) is 1. The lowest BCUT2D eigenvalue weighted by molar-refractivity contribution is 0.620. The van der Waals surface area contributed by atoms with Crippen molar-refractivity contribution in [1.82, 2.24) is 0 Å². The van der Waals surface area contributed by atoms with Crippen LogP contribution in [0, 0.1) is 33.5 Å². The second kappa shape index (κ2) is 6.18. The van der Waals surface area contributed by atoms with E-state index in [0.717, 1.165) is 11.3 Å². The minimum absolute atomic E-state index is 0.130. The molecular formula is C18H21BrFN. The predicted octanol–water partition coefficient (Wildman–Crippen LogP) is 5.99. The normalized spacial score (nSPS) is 12.3. The van der Waals surface area contributed by atoms with Crippen LogP contribution in [0.4, 0.5) is 10.1 Å². The molecule has 0 aromatic heterocycles. The van der Waals surface area contributed by atoms with Gasteiger partial charge >= 0.3 is 0 Å². The van der Waals surface area contributed by atoms with Crippen LogP contribution in [0.2, 0.25) is 0 Å². The van der Waals surface area contributed by atoms with E-state index in [1.165, 1.54) is 22.3 Å². The maximum atomic E-state index is 13.7. The summed E-state index contributed by atoms with van der Waals surface area (Å²) in [6.45, 7) is 10.5. The molecule has 3 heteroatoms. The van der Waals surface area contributed by atoms with Crippen LogP contribution in [0.25, 0.3) is 0 Å². The van der Waals surface area contributed by atoms with Crippen molar-refractivity contribution in [2.24, 2.45) is 0 Å². The molecule has 2 aromatic carbocycles. The summed E-state index contributed by atoms with van der Waals surface area (Å²) >= 11 is 3.22. The molecule has 0 aliphatic rings. The summed E-state index contributed by atoms with van der Waals surface area (Å²) in [6.07, 6.45) is 0. The summed E-state index contributed by atoms with van der Waals surface area (Å²) in [5, 5.41) is 3.43. The van der Waals surface area contributed by atoms with E-state index in [1.807, 2.05) is 6.92 Å². The van der Waals surface area contributed by atoms with Crippen molar-refractivity contribution in [1.29, 1.82) is 0 Å². The SMILES string of the molecule is Cc1cc(C)c(C(C)Nc2cc(F)c(Br)cc2C)c(C)c1. The van der Waals surface area contributed by atoms with E-state index < -0.39 is 0 Å². The highest BCUT2D eigenvalue weighted by Crippen LogP contribution is 2.30. The molecular weight excluding hydrogens is 329 g/mol. The molecule has 0 fully saturated rings. The first-order valence-electron chi connectivity index (χ1n) is 7.09. The highest BCUT2D eigenvalue weighted by atomic mass is 79.9. The molecule has 0 aliphatic heterocycles. The zero-order valence-corrected chi connectivity index (χ0v) is 14.7. The summed E-state index contributed by atoms with van der Waals surface area (Å²) in [6, 6.07) is 7.86. The van der Waals surface area contributed by atoms with Crippen LogP contribution in [0.15, 0.2) is 28.7 Å². The van der Waals surface area contributed by atoms with Gasteiger partial charge in [-0.15, -0.1) is 0 Å². The molecule has 0 aliphatic carbocycles. The lowest BCUT2D eigenvalue weighted by Gasteiger charge is -2.22. The Hall–Kier alpha value is -1.35. The van der Waals surface area contributed by atoms with Crippen molar-refractivity contribution in [3.63, 3.8) is 0 Å². The third kappa shape index (κ3) is 3.46. The van der Waals surface area contributed by atoms with Crippen molar-refractivity contribution in [3.8, 4) is 0 Å². The lowest BCUT2D eigenvalue weighted by Crippen LogP contribution is -2.11. The molecule has 0 saturated carbocycles. The number of hydrogen-bond acceptors (Lipinski definition) is 1. The van der Waals surface area contributed by atoms with Crippen molar-refractivity contribution in [2.75, 3.05) is 5.32 Å². The summed E-state index contributed by atoms with van der Waals surface area (Å²) in [5.74, 6) is -0.243. The molecule has 0 bridgehead atoms. The number of aryl methyl sites for hydroxylation is 4. The molecule has 112 valence electrons. The molecule has 1 unspecified atom stereocenters. The van der Waals surface area contributed by atoms with Crippen molar-refractivity contribution in [3.05, 3.63) is 62.4 Å². The van der Waals surface area contributed by atoms with Crippen LogP contribution < -0.4 is 5.32 Å². The van der Waals surface area contributed by atoms with Gasteiger partial charge in [0, 0.05) is 11.7 Å². The lowest BCUT2D eigenvalue weighted by atomic mass is 9.94. The van der Waals surface area contributed by atoms with Gasteiger partial charge in [-0.2, -0.15) is 0 Å². The van der Waals surface area contributed by atoms with E-state index in [-0.39, 0.29) is 11.9 Å². The van der Waals surface area contributed by atoms with Gasteiger partial charge < -0.3 is 5.32 Å². The van der Waals surface area contributed by atoms with Crippen LogP contribution >= 0.6 is 15.9 Å². The fourth-order valence-corrected chi connectivity index (χ4v) is 3.44. The molecule has 0 saturated heterocycles. The van der Waals surface area contributed by atoms with Crippen LogP contribution in [0.5, 0.6) is 0 Å². The summed E-state index contributed by atoms with van der Waals surface area (Å²) < 4.78 is 14.2. The fraction of sp³-hybridized carbons (Fsp3) is 0.333. The number of halogens is 2. The first-order valence-corrected chi connectivity index (χ1v) is 7.89. The van der Waals surface area contributed by atoms with E-state index >= 15 is 0 Å². The van der Waals surface area contributed by atoms with E-state index in [9.17, 15) is 4.39 Å². The van der Waals surface area contributed by atoms with E-state index in [4.69, 9.17) is 0 Å². The van der Waals surface area contributed by atoms with Gasteiger partial charge in [0.1, 0.15) is 5.82 Å². The van der Waals surface area contributed by atoms with Crippen LogP contribution in [0.1, 0.15) is 40.8 Å². The summed E-state index contributed by atoms with van der Waals surface area (Å²) in [7, 11) is 0. The molecule has 0 heterocycles. The molecule has 0 amide bonds. The van der Waals surface area contributed by atoms with Gasteiger partial charge in [0.05, 0.1) is 4.47 Å². The van der Waals surface area contributed by atoms with Crippen molar-refractivity contribution in [2.45, 2.75) is 40.7 Å². The molecule has 0 spiro atoms.